The summed E-state index contributed by atoms with van der Waals surface area (Å²) in [6.45, 7) is 1.48. The molecule has 102 valence electrons. The fraction of sp³-hybridized carbons (Fsp3) is 0.462. The van der Waals surface area contributed by atoms with Crippen LogP contribution < -0.4 is 0 Å². The number of ether oxygens (including phenoxy) is 1. The quantitative estimate of drug-likeness (QED) is 0.808. The summed E-state index contributed by atoms with van der Waals surface area (Å²) >= 11 is 11.8. The second-order valence-electron chi connectivity index (χ2n) is 4.66. The minimum atomic E-state index is -0.461. The Morgan fingerprint density at radius 3 is 3.00 bits per heavy atom. The highest BCUT2D eigenvalue weighted by Gasteiger charge is 2.20. The minimum absolute atomic E-state index is 0.0992. The molecule has 19 heavy (non-hydrogen) atoms. The molecule has 3 rings (SSSR count). The lowest BCUT2D eigenvalue weighted by Gasteiger charge is -2.13. The monoisotopic (exact) mass is 302 g/mol. The Hall–Kier alpha value is -0.840. The molecule has 1 fully saturated rings. The van der Waals surface area contributed by atoms with E-state index in [1.165, 1.54) is 6.07 Å². The average molecular weight is 303 g/mol. The number of rotatable bonds is 3. The van der Waals surface area contributed by atoms with E-state index in [0.29, 0.717) is 17.9 Å². The van der Waals surface area contributed by atoms with Gasteiger partial charge in [-0.2, -0.15) is 0 Å². The smallest absolute Gasteiger partial charge is 0.144 e. The van der Waals surface area contributed by atoms with Crippen molar-refractivity contribution in [3.63, 3.8) is 0 Å². The average Bonchev–Trinajstić information content (AvgIpc) is 3.00. The summed E-state index contributed by atoms with van der Waals surface area (Å²) in [4.78, 5) is 4.35. The molecule has 1 aliphatic rings. The van der Waals surface area contributed by atoms with Crippen LogP contribution in [-0.4, -0.2) is 22.3 Å². The van der Waals surface area contributed by atoms with E-state index in [2.05, 4.69) is 4.98 Å². The van der Waals surface area contributed by atoms with Crippen LogP contribution in [0.4, 0.5) is 4.39 Å². The van der Waals surface area contributed by atoms with Crippen molar-refractivity contribution < 1.29 is 9.13 Å². The predicted molar refractivity (Wildman–Crippen MR) is 73.2 cm³/mol. The minimum Gasteiger partial charge on any atom is -0.376 e. The van der Waals surface area contributed by atoms with Crippen molar-refractivity contribution in [1.82, 2.24) is 9.55 Å². The topological polar surface area (TPSA) is 27.1 Å². The summed E-state index contributed by atoms with van der Waals surface area (Å²) in [6, 6.07) is 2.95. The van der Waals surface area contributed by atoms with Gasteiger partial charge in [0, 0.05) is 12.7 Å². The molecule has 0 bridgehead atoms. The van der Waals surface area contributed by atoms with Crippen molar-refractivity contribution in [2.75, 3.05) is 6.61 Å². The SMILES string of the molecule is Fc1cc2nc(CCl)n(CC3CCCO3)c2cc1Cl. The van der Waals surface area contributed by atoms with Crippen LogP contribution in [0.2, 0.25) is 5.02 Å². The van der Waals surface area contributed by atoms with Crippen molar-refractivity contribution in [3.05, 3.63) is 28.8 Å². The van der Waals surface area contributed by atoms with Crippen LogP contribution in [0.1, 0.15) is 18.7 Å². The molecule has 0 saturated carbocycles. The Bertz CT molecular complexity index is 608. The molecule has 2 heterocycles. The number of benzene rings is 1. The highest BCUT2D eigenvalue weighted by atomic mass is 35.5. The van der Waals surface area contributed by atoms with Gasteiger partial charge in [-0.05, 0) is 18.9 Å². The number of hydrogen-bond donors (Lipinski definition) is 0. The number of alkyl halides is 1. The van der Waals surface area contributed by atoms with Gasteiger partial charge < -0.3 is 9.30 Å². The first-order valence-corrected chi connectivity index (χ1v) is 7.12. The second-order valence-corrected chi connectivity index (χ2v) is 5.34. The van der Waals surface area contributed by atoms with Gasteiger partial charge in [0.2, 0.25) is 0 Å². The molecule has 0 amide bonds. The summed E-state index contributed by atoms with van der Waals surface area (Å²) in [5, 5.41) is 0.0992. The normalized spacial score (nSPS) is 19.4. The first-order chi connectivity index (χ1) is 9.19. The third-order valence-electron chi connectivity index (χ3n) is 3.40. The predicted octanol–water partition coefficient (Wildman–Crippen LogP) is 3.75. The maximum absolute atomic E-state index is 13.5. The van der Waals surface area contributed by atoms with Gasteiger partial charge in [0.15, 0.2) is 0 Å². The molecule has 1 aromatic carbocycles. The zero-order valence-electron chi connectivity index (χ0n) is 10.2. The van der Waals surface area contributed by atoms with E-state index < -0.39 is 5.82 Å². The van der Waals surface area contributed by atoms with E-state index in [0.717, 1.165) is 25.0 Å². The molecule has 0 radical (unpaired) electrons. The highest BCUT2D eigenvalue weighted by Crippen LogP contribution is 2.26. The highest BCUT2D eigenvalue weighted by molar-refractivity contribution is 6.31. The summed E-state index contributed by atoms with van der Waals surface area (Å²) < 4.78 is 21.1. The number of imidazole rings is 1. The Morgan fingerprint density at radius 1 is 1.47 bits per heavy atom. The molecule has 3 nitrogen and oxygen atoms in total. The molecule has 1 aliphatic heterocycles. The van der Waals surface area contributed by atoms with Gasteiger partial charge in [0.1, 0.15) is 11.6 Å². The maximum Gasteiger partial charge on any atom is 0.144 e. The maximum atomic E-state index is 13.5. The Kier molecular flexibility index (Phi) is 3.65. The zero-order valence-corrected chi connectivity index (χ0v) is 11.7. The van der Waals surface area contributed by atoms with Crippen LogP contribution in [0.5, 0.6) is 0 Å². The van der Waals surface area contributed by atoms with Gasteiger partial charge in [-0.25, -0.2) is 9.37 Å². The Labute approximate surface area is 120 Å². The van der Waals surface area contributed by atoms with Gasteiger partial charge in [-0.15, -0.1) is 11.6 Å². The molecule has 0 aliphatic carbocycles. The summed E-state index contributed by atoms with van der Waals surface area (Å²) in [7, 11) is 0. The van der Waals surface area contributed by atoms with Crippen molar-refractivity contribution >= 4 is 34.2 Å². The second kappa shape index (κ2) is 5.27. The number of fused-ring (bicyclic) bond motifs is 1. The lowest BCUT2D eigenvalue weighted by atomic mass is 10.2. The number of hydrogen-bond acceptors (Lipinski definition) is 2. The third-order valence-corrected chi connectivity index (χ3v) is 3.93. The van der Waals surface area contributed by atoms with E-state index in [-0.39, 0.29) is 17.0 Å². The molecule has 6 heteroatoms. The third kappa shape index (κ3) is 2.45. The first-order valence-electron chi connectivity index (χ1n) is 6.21. The lowest BCUT2D eigenvalue weighted by Crippen LogP contribution is -2.16. The van der Waals surface area contributed by atoms with Gasteiger partial charge in [0.25, 0.3) is 0 Å². The molecule has 0 N–H and O–H groups in total. The van der Waals surface area contributed by atoms with E-state index in [4.69, 9.17) is 27.9 Å². The van der Waals surface area contributed by atoms with E-state index >= 15 is 0 Å². The Balaban J connectivity index is 2.06. The molecule has 2 aromatic rings. The standard InChI is InChI=1S/C13H13Cl2FN2O/c14-6-13-17-11-5-10(16)9(15)4-12(11)18(13)7-8-2-1-3-19-8/h4-5,8H,1-3,6-7H2. The fourth-order valence-electron chi connectivity index (χ4n) is 2.47. The fourth-order valence-corrected chi connectivity index (χ4v) is 2.83. The first kappa shape index (κ1) is 13.2. The molecule has 0 spiro atoms. The number of aromatic nitrogens is 2. The molecule has 1 atom stereocenters. The van der Waals surface area contributed by atoms with Crippen molar-refractivity contribution in [1.29, 1.82) is 0 Å². The molecule has 1 unspecified atom stereocenters. The van der Waals surface area contributed by atoms with Crippen LogP contribution in [0, 0.1) is 5.82 Å². The van der Waals surface area contributed by atoms with Crippen LogP contribution in [0.25, 0.3) is 11.0 Å². The van der Waals surface area contributed by atoms with Crippen LogP contribution in [0.3, 0.4) is 0 Å². The molecule has 1 aromatic heterocycles. The van der Waals surface area contributed by atoms with Crippen LogP contribution >= 0.6 is 23.2 Å². The van der Waals surface area contributed by atoms with E-state index in [1.807, 2.05) is 4.57 Å². The van der Waals surface area contributed by atoms with Crippen molar-refractivity contribution in [2.24, 2.45) is 0 Å². The lowest BCUT2D eigenvalue weighted by molar-refractivity contribution is 0.0974. The molecular formula is C13H13Cl2FN2O. The summed E-state index contributed by atoms with van der Waals surface area (Å²) in [5.41, 5.74) is 1.38. The van der Waals surface area contributed by atoms with Gasteiger partial charge >= 0.3 is 0 Å². The zero-order chi connectivity index (χ0) is 13.4. The van der Waals surface area contributed by atoms with Gasteiger partial charge in [0.05, 0.1) is 34.6 Å². The molecular weight excluding hydrogens is 290 g/mol. The van der Waals surface area contributed by atoms with Crippen LogP contribution in [0.15, 0.2) is 12.1 Å². The number of nitrogens with zero attached hydrogens (tertiary/aromatic N) is 2. The Morgan fingerprint density at radius 2 is 2.32 bits per heavy atom. The molecule has 1 saturated heterocycles. The number of halogens is 3. The largest absolute Gasteiger partial charge is 0.376 e. The van der Waals surface area contributed by atoms with Crippen LogP contribution in [-0.2, 0) is 17.2 Å². The van der Waals surface area contributed by atoms with Gasteiger partial charge in [-0.3, -0.25) is 0 Å². The summed E-state index contributed by atoms with van der Waals surface area (Å²) in [5.74, 6) is 0.534. The van der Waals surface area contributed by atoms with E-state index in [1.54, 1.807) is 6.07 Å². The summed E-state index contributed by atoms with van der Waals surface area (Å²) in [6.07, 6.45) is 2.27. The van der Waals surface area contributed by atoms with Crippen molar-refractivity contribution in [2.45, 2.75) is 31.4 Å². The van der Waals surface area contributed by atoms with E-state index in [9.17, 15) is 4.39 Å². The van der Waals surface area contributed by atoms with Crippen molar-refractivity contribution in [3.8, 4) is 0 Å². The van der Waals surface area contributed by atoms with Gasteiger partial charge in [-0.1, -0.05) is 11.6 Å².